The van der Waals surface area contributed by atoms with Crippen LogP contribution in [0.15, 0.2) is 24.3 Å². The van der Waals surface area contributed by atoms with Gasteiger partial charge in [0.25, 0.3) is 0 Å². The van der Waals surface area contributed by atoms with Gasteiger partial charge in [0, 0.05) is 0 Å². The third kappa shape index (κ3) is 2.87. The topological polar surface area (TPSA) is 26.3 Å². The highest BCUT2D eigenvalue weighted by molar-refractivity contribution is 5.77. The monoisotopic (exact) mass is 191 g/mol. The summed E-state index contributed by atoms with van der Waals surface area (Å²) < 4.78 is 5.17. The van der Waals surface area contributed by atoms with Gasteiger partial charge in [-0.1, -0.05) is 12.1 Å². The molecule has 0 saturated heterocycles. The fourth-order valence-corrected chi connectivity index (χ4v) is 0.818. The molecule has 1 rings (SSSR count). The minimum atomic E-state index is -0.469. The van der Waals surface area contributed by atoms with Crippen molar-refractivity contribution in [2.45, 2.75) is 20.8 Å². The Hall–Kier alpha value is -1.31. The van der Waals surface area contributed by atoms with Gasteiger partial charge in [0.15, 0.2) is 0 Å². The van der Waals surface area contributed by atoms with E-state index in [1.54, 1.807) is 12.1 Å². The Kier molecular flexibility index (Phi) is 2.94. The predicted molar refractivity (Wildman–Crippen MR) is 56.0 cm³/mol. The van der Waals surface area contributed by atoms with E-state index in [2.05, 4.69) is 6.92 Å². The van der Waals surface area contributed by atoms with Gasteiger partial charge in [-0.2, -0.15) is 0 Å². The lowest BCUT2D eigenvalue weighted by atomic mass is 9.97. The standard InChI is InChI=1S/C12H15O2/c1-9-5-7-10(8-6-9)14-11(13)12(2,3)4/h5-8H,1H2,2-4H3. The highest BCUT2D eigenvalue weighted by Gasteiger charge is 2.23. The summed E-state index contributed by atoms with van der Waals surface area (Å²) in [5.74, 6) is 0.339. The Morgan fingerprint density at radius 2 is 1.71 bits per heavy atom. The molecule has 1 aromatic rings. The minimum Gasteiger partial charge on any atom is -0.426 e. The second kappa shape index (κ2) is 3.82. The van der Waals surface area contributed by atoms with Crippen molar-refractivity contribution in [3.05, 3.63) is 36.8 Å². The molecular formula is C12H15O2. The van der Waals surface area contributed by atoms with E-state index in [-0.39, 0.29) is 5.97 Å². The zero-order valence-electron chi connectivity index (χ0n) is 8.83. The van der Waals surface area contributed by atoms with Gasteiger partial charge in [-0.05, 0) is 45.4 Å². The third-order valence-electron chi connectivity index (χ3n) is 1.75. The SMILES string of the molecule is [CH2]c1ccc(OC(=O)C(C)(C)C)cc1. The zero-order valence-corrected chi connectivity index (χ0v) is 8.83. The number of benzene rings is 1. The molecule has 0 N–H and O–H groups in total. The summed E-state index contributed by atoms with van der Waals surface area (Å²) in [5, 5.41) is 0. The van der Waals surface area contributed by atoms with Crippen LogP contribution < -0.4 is 4.74 Å². The molecule has 0 heterocycles. The quantitative estimate of drug-likeness (QED) is 0.504. The lowest BCUT2D eigenvalue weighted by molar-refractivity contribution is -0.142. The van der Waals surface area contributed by atoms with E-state index in [0.717, 1.165) is 5.56 Å². The van der Waals surface area contributed by atoms with Crippen molar-refractivity contribution in [1.29, 1.82) is 0 Å². The van der Waals surface area contributed by atoms with E-state index in [0.29, 0.717) is 5.75 Å². The van der Waals surface area contributed by atoms with Gasteiger partial charge in [0.1, 0.15) is 5.75 Å². The Labute approximate surface area is 84.9 Å². The maximum atomic E-state index is 11.5. The van der Waals surface area contributed by atoms with Gasteiger partial charge in [-0.15, -0.1) is 0 Å². The van der Waals surface area contributed by atoms with E-state index in [9.17, 15) is 4.79 Å². The van der Waals surface area contributed by atoms with Crippen LogP contribution in [-0.2, 0) is 4.79 Å². The predicted octanol–water partition coefficient (Wildman–Crippen LogP) is 2.82. The number of carbonyl (C=O) groups is 1. The number of rotatable bonds is 1. The molecule has 0 aliphatic carbocycles. The zero-order chi connectivity index (χ0) is 10.8. The molecule has 2 nitrogen and oxygen atoms in total. The molecular weight excluding hydrogens is 176 g/mol. The van der Waals surface area contributed by atoms with Gasteiger partial charge < -0.3 is 4.74 Å². The average molecular weight is 191 g/mol. The van der Waals surface area contributed by atoms with Gasteiger partial charge in [0.05, 0.1) is 5.41 Å². The fourth-order valence-electron chi connectivity index (χ4n) is 0.818. The third-order valence-corrected chi connectivity index (χ3v) is 1.75. The highest BCUT2D eigenvalue weighted by atomic mass is 16.5. The number of hydrogen-bond acceptors (Lipinski definition) is 2. The van der Waals surface area contributed by atoms with Crippen molar-refractivity contribution >= 4 is 5.97 Å². The maximum absolute atomic E-state index is 11.5. The van der Waals surface area contributed by atoms with Gasteiger partial charge in [-0.3, -0.25) is 4.79 Å². The van der Waals surface area contributed by atoms with E-state index in [1.807, 2.05) is 32.9 Å². The van der Waals surface area contributed by atoms with Crippen LogP contribution in [-0.4, -0.2) is 5.97 Å². The Morgan fingerprint density at radius 3 is 2.14 bits per heavy atom. The summed E-state index contributed by atoms with van der Waals surface area (Å²) in [4.78, 5) is 11.5. The molecule has 1 radical (unpaired) electrons. The maximum Gasteiger partial charge on any atom is 0.316 e. The van der Waals surface area contributed by atoms with Crippen molar-refractivity contribution in [1.82, 2.24) is 0 Å². The first kappa shape index (κ1) is 10.8. The van der Waals surface area contributed by atoms with E-state index in [4.69, 9.17) is 4.74 Å². The number of carbonyl (C=O) groups excluding carboxylic acids is 1. The minimum absolute atomic E-state index is 0.227. The number of esters is 1. The number of ether oxygens (including phenoxy) is 1. The van der Waals surface area contributed by atoms with Gasteiger partial charge >= 0.3 is 5.97 Å². The summed E-state index contributed by atoms with van der Waals surface area (Å²) >= 11 is 0. The van der Waals surface area contributed by atoms with Crippen molar-refractivity contribution < 1.29 is 9.53 Å². The molecule has 0 unspecified atom stereocenters. The van der Waals surface area contributed by atoms with Crippen LogP contribution in [0.1, 0.15) is 26.3 Å². The van der Waals surface area contributed by atoms with Crippen molar-refractivity contribution in [3.8, 4) is 5.75 Å². The lowest BCUT2D eigenvalue weighted by Crippen LogP contribution is -2.25. The molecule has 0 atom stereocenters. The molecule has 0 aliphatic heterocycles. The Balaban J connectivity index is 2.71. The smallest absolute Gasteiger partial charge is 0.316 e. The second-order valence-corrected chi connectivity index (χ2v) is 4.28. The summed E-state index contributed by atoms with van der Waals surface area (Å²) in [5.41, 5.74) is 0.434. The van der Waals surface area contributed by atoms with Crippen molar-refractivity contribution in [2.75, 3.05) is 0 Å². The fraction of sp³-hybridized carbons (Fsp3) is 0.333. The summed E-state index contributed by atoms with van der Waals surface area (Å²) in [6.07, 6.45) is 0. The van der Waals surface area contributed by atoms with E-state index >= 15 is 0 Å². The van der Waals surface area contributed by atoms with E-state index in [1.165, 1.54) is 0 Å². The Bertz CT molecular complexity index is 317. The van der Waals surface area contributed by atoms with Crippen molar-refractivity contribution in [2.24, 2.45) is 5.41 Å². The van der Waals surface area contributed by atoms with Gasteiger partial charge in [0.2, 0.25) is 0 Å². The highest BCUT2D eigenvalue weighted by Crippen LogP contribution is 2.19. The van der Waals surface area contributed by atoms with E-state index < -0.39 is 5.41 Å². The first-order valence-corrected chi connectivity index (χ1v) is 4.54. The first-order chi connectivity index (χ1) is 6.39. The molecule has 0 amide bonds. The molecule has 0 fully saturated rings. The molecule has 0 aliphatic rings. The van der Waals surface area contributed by atoms with Crippen LogP contribution in [0.3, 0.4) is 0 Å². The van der Waals surface area contributed by atoms with Crippen LogP contribution in [0, 0.1) is 12.3 Å². The first-order valence-electron chi connectivity index (χ1n) is 4.54. The molecule has 0 spiro atoms. The molecule has 0 saturated carbocycles. The van der Waals surface area contributed by atoms with Crippen molar-refractivity contribution in [3.63, 3.8) is 0 Å². The molecule has 2 heteroatoms. The average Bonchev–Trinajstić information content (AvgIpc) is 2.07. The molecule has 1 aromatic carbocycles. The molecule has 75 valence electrons. The Morgan fingerprint density at radius 1 is 1.21 bits per heavy atom. The number of hydrogen-bond donors (Lipinski definition) is 0. The molecule has 0 bridgehead atoms. The van der Waals surface area contributed by atoms with Crippen LogP contribution in [0.2, 0.25) is 0 Å². The molecule has 14 heavy (non-hydrogen) atoms. The van der Waals surface area contributed by atoms with Gasteiger partial charge in [-0.25, -0.2) is 0 Å². The summed E-state index contributed by atoms with van der Waals surface area (Å²) in [7, 11) is 0. The summed E-state index contributed by atoms with van der Waals surface area (Å²) in [6, 6.07) is 7.11. The van der Waals surface area contributed by atoms with Crippen LogP contribution in [0.4, 0.5) is 0 Å². The van der Waals surface area contributed by atoms with Crippen LogP contribution >= 0.6 is 0 Å². The largest absolute Gasteiger partial charge is 0.426 e. The lowest BCUT2D eigenvalue weighted by Gasteiger charge is -2.16. The van der Waals surface area contributed by atoms with Crippen LogP contribution in [0.25, 0.3) is 0 Å². The second-order valence-electron chi connectivity index (χ2n) is 4.28. The molecule has 0 aromatic heterocycles. The normalized spacial score (nSPS) is 11.1. The summed E-state index contributed by atoms with van der Waals surface area (Å²) in [6.45, 7) is 9.22. The van der Waals surface area contributed by atoms with Crippen LogP contribution in [0.5, 0.6) is 5.75 Å².